The molecule has 29 heavy (non-hydrogen) atoms. The summed E-state index contributed by atoms with van der Waals surface area (Å²) in [7, 11) is 3.66. The second kappa shape index (κ2) is 12.0. The predicted octanol–water partition coefficient (Wildman–Crippen LogP) is 2.94. The monoisotopic (exact) mass is 512 g/mol. The number of aryl methyl sites for hydroxylation is 1. The van der Waals surface area contributed by atoms with Crippen molar-refractivity contribution in [3.8, 4) is 5.75 Å². The molecule has 0 amide bonds. The van der Waals surface area contributed by atoms with Crippen molar-refractivity contribution in [2.45, 2.75) is 32.4 Å². The van der Waals surface area contributed by atoms with Crippen molar-refractivity contribution in [1.29, 1.82) is 0 Å². The topological polar surface area (TPSA) is 66.7 Å². The molecular weight excluding hydrogens is 479 g/mol. The van der Waals surface area contributed by atoms with Crippen molar-refractivity contribution in [3.05, 3.63) is 47.8 Å². The van der Waals surface area contributed by atoms with Gasteiger partial charge in [0, 0.05) is 37.5 Å². The Bertz CT molecular complexity index is 772. The van der Waals surface area contributed by atoms with Gasteiger partial charge in [-0.25, -0.2) is 4.99 Å². The first-order chi connectivity index (χ1) is 13.7. The molecule has 1 atom stereocenters. The van der Waals surface area contributed by atoms with Crippen LogP contribution in [-0.2, 0) is 13.6 Å². The number of para-hydroxylation sites is 1. The van der Waals surface area contributed by atoms with Crippen LogP contribution in [0.5, 0.6) is 5.75 Å². The average molecular weight is 512 g/mol. The quantitative estimate of drug-likeness (QED) is 0.324. The van der Waals surface area contributed by atoms with Gasteiger partial charge >= 0.3 is 0 Å². The highest BCUT2D eigenvalue weighted by Gasteiger charge is 2.26. The zero-order chi connectivity index (χ0) is 19.8. The van der Waals surface area contributed by atoms with Crippen LogP contribution in [0.15, 0.2) is 41.7 Å². The summed E-state index contributed by atoms with van der Waals surface area (Å²) in [5.74, 6) is 1.77. The summed E-state index contributed by atoms with van der Waals surface area (Å²) in [6, 6.07) is 8.57. The fourth-order valence-corrected chi connectivity index (χ4v) is 3.69. The second-order valence-corrected chi connectivity index (χ2v) is 7.10. The largest absolute Gasteiger partial charge is 0.496 e. The lowest BCUT2D eigenvalue weighted by Gasteiger charge is -2.30. The standard InChI is InChI=1S/C21H32N6O.HI/c1-4-22-21(23-13-17-14-25-26(2)16-17)24-15-19(27-11-7-8-12-27)18-9-5-6-10-20(18)28-3;/h5-6,9-10,14,16,19H,4,7-8,11-13,15H2,1-3H3,(H2,22,23,24);1H. The minimum atomic E-state index is 0. The van der Waals surface area contributed by atoms with E-state index in [1.54, 1.807) is 11.8 Å². The smallest absolute Gasteiger partial charge is 0.191 e. The van der Waals surface area contributed by atoms with Gasteiger partial charge in [0.15, 0.2) is 5.96 Å². The molecule has 0 spiro atoms. The molecule has 2 aromatic rings. The Hall–Kier alpha value is -1.81. The number of nitrogens with zero attached hydrogens (tertiary/aromatic N) is 4. The summed E-state index contributed by atoms with van der Waals surface area (Å²) >= 11 is 0. The Kier molecular flexibility index (Phi) is 9.72. The SMILES string of the molecule is CCNC(=NCc1cnn(C)c1)NCC(c1ccccc1OC)N1CCCC1.I. The van der Waals surface area contributed by atoms with Crippen molar-refractivity contribution in [1.82, 2.24) is 25.3 Å². The number of hydrogen-bond acceptors (Lipinski definition) is 4. The average Bonchev–Trinajstić information content (AvgIpc) is 3.38. The van der Waals surface area contributed by atoms with E-state index in [1.165, 1.54) is 18.4 Å². The van der Waals surface area contributed by atoms with Gasteiger partial charge in [0.25, 0.3) is 0 Å². The molecule has 8 heteroatoms. The summed E-state index contributed by atoms with van der Waals surface area (Å²) in [6.07, 6.45) is 6.35. The van der Waals surface area contributed by atoms with E-state index < -0.39 is 0 Å². The van der Waals surface area contributed by atoms with Crippen molar-refractivity contribution >= 4 is 29.9 Å². The first kappa shape index (κ1) is 23.5. The van der Waals surface area contributed by atoms with Gasteiger partial charge in [-0.3, -0.25) is 9.58 Å². The number of guanidine groups is 1. The van der Waals surface area contributed by atoms with Gasteiger partial charge in [-0.2, -0.15) is 5.10 Å². The molecule has 160 valence electrons. The molecule has 2 N–H and O–H groups in total. The number of likely N-dealkylation sites (tertiary alicyclic amines) is 1. The third-order valence-corrected chi connectivity index (χ3v) is 5.06. The number of benzene rings is 1. The Morgan fingerprint density at radius 1 is 1.24 bits per heavy atom. The number of ether oxygens (including phenoxy) is 1. The van der Waals surface area contributed by atoms with Gasteiger partial charge in [-0.1, -0.05) is 18.2 Å². The van der Waals surface area contributed by atoms with Crippen LogP contribution in [0.1, 0.15) is 36.9 Å². The molecule has 1 aromatic carbocycles. The molecular formula is C21H33IN6O. The second-order valence-electron chi connectivity index (χ2n) is 7.10. The Morgan fingerprint density at radius 3 is 2.66 bits per heavy atom. The first-order valence-corrected chi connectivity index (χ1v) is 10.1. The number of aliphatic imine (C=N–C) groups is 1. The zero-order valence-corrected chi connectivity index (χ0v) is 19.9. The van der Waals surface area contributed by atoms with Crippen molar-refractivity contribution in [2.24, 2.45) is 12.0 Å². The van der Waals surface area contributed by atoms with E-state index in [0.717, 1.165) is 43.5 Å². The van der Waals surface area contributed by atoms with E-state index >= 15 is 0 Å². The van der Waals surface area contributed by atoms with Crippen LogP contribution in [0.4, 0.5) is 0 Å². The van der Waals surface area contributed by atoms with Gasteiger partial charge in [-0.15, -0.1) is 24.0 Å². The number of rotatable bonds is 8. The first-order valence-electron chi connectivity index (χ1n) is 10.1. The minimum absolute atomic E-state index is 0. The highest BCUT2D eigenvalue weighted by atomic mass is 127. The van der Waals surface area contributed by atoms with Crippen molar-refractivity contribution in [2.75, 3.05) is 33.3 Å². The van der Waals surface area contributed by atoms with Crippen LogP contribution in [0.3, 0.4) is 0 Å². The van der Waals surface area contributed by atoms with Gasteiger partial charge < -0.3 is 15.4 Å². The molecule has 2 heterocycles. The van der Waals surface area contributed by atoms with Crippen LogP contribution < -0.4 is 15.4 Å². The highest BCUT2D eigenvalue weighted by Crippen LogP contribution is 2.31. The summed E-state index contributed by atoms with van der Waals surface area (Å²) in [6.45, 7) is 6.52. The molecule has 1 aromatic heterocycles. The lowest BCUT2D eigenvalue weighted by molar-refractivity contribution is 0.239. The van der Waals surface area contributed by atoms with Crippen LogP contribution >= 0.6 is 24.0 Å². The Labute approximate surface area is 190 Å². The van der Waals surface area contributed by atoms with Crippen LogP contribution in [0, 0.1) is 0 Å². The van der Waals surface area contributed by atoms with Crippen molar-refractivity contribution < 1.29 is 4.74 Å². The Morgan fingerprint density at radius 2 is 2.00 bits per heavy atom. The van der Waals surface area contributed by atoms with Gasteiger partial charge in [-0.05, 0) is 38.9 Å². The van der Waals surface area contributed by atoms with E-state index in [0.29, 0.717) is 6.54 Å². The van der Waals surface area contributed by atoms with Crippen LogP contribution in [0.25, 0.3) is 0 Å². The lowest BCUT2D eigenvalue weighted by Crippen LogP contribution is -2.42. The number of aromatic nitrogens is 2. The fourth-order valence-electron chi connectivity index (χ4n) is 3.69. The van der Waals surface area contributed by atoms with E-state index in [1.807, 2.05) is 31.6 Å². The van der Waals surface area contributed by atoms with E-state index in [-0.39, 0.29) is 30.0 Å². The summed E-state index contributed by atoms with van der Waals surface area (Å²) < 4.78 is 7.44. The normalized spacial score (nSPS) is 15.6. The number of hydrogen-bond donors (Lipinski definition) is 2. The van der Waals surface area contributed by atoms with E-state index in [4.69, 9.17) is 9.73 Å². The number of nitrogens with one attached hydrogen (secondary N) is 2. The zero-order valence-electron chi connectivity index (χ0n) is 17.6. The summed E-state index contributed by atoms with van der Waals surface area (Å²) in [5, 5.41) is 11.1. The van der Waals surface area contributed by atoms with Gasteiger partial charge in [0.2, 0.25) is 0 Å². The van der Waals surface area contributed by atoms with Gasteiger partial charge in [0.05, 0.1) is 25.9 Å². The molecule has 3 rings (SSSR count). The maximum atomic E-state index is 5.64. The molecule has 1 aliphatic rings. The molecule has 0 aliphatic carbocycles. The third-order valence-electron chi connectivity index (χ3n) is 5.06. The van der Waals surface area contributed by atoms with Crippen molar-refractivity contribution in [3.63, 3.8) is 0 Å². The van der Waals surface area contributed by atoms with Crippen LogP contribution in [-0.4, -0.2) is 53.9 Å². The van der Waals surface area contributed by atoms with E-state index in [9.17, 15) is 0 Å². The maximum Gasteiger partial charge on any atom is 0.191 e. The fraction of sp³-hybridized carbons (Fsp3) is 0.524. The van der Waals surface area contributed by atoms with Gasteiger partial charge in [0.1, 0.15) is 5.75 Å². The highest BCUT2D eigenvalue weighted by molar-refractivity contribution is 14.0. The number of halogens is 1. The summed E-state index contributed by atoms with van der Waals surface area (Å²) in [5.41, 5.74) is 2.32. The minimum Gasteiger partial charge on any atom is -0.496 e. The molecule has 1 aliphatic heterocycles. The number of methoxy groups -OCH3 is 1. The lowest BCUT2D eigenvalue weighted by atomic mass is 10.0. The Balaban J connectivity index is 0.00000300. The molecule has 1 unspecified atom stereocenters. The molecule has 0 saturated carbocycles. The summed E-state index contributed by atoms with van der Waals surface area (Å²) in [4.78, 5) is 7.26. The maximum absolute atomic E-state index is 5.64. The molecule has 0 bridgehead atoms. The molecule has 0 radical (unpaired) electrons. The third kappa shape index (κ3) is 6.60. The molecule has 1 saturated heterocycles. The predicted molar refractivity (Wildman–Crippen MR) is 128 cm³/mol. The molecule has 7 nitrogen and oxygen atoms in total. The van der Waals surface area contributed by atoms with Crippen LogP contribution in [0.2, 0.25) is 0 Å². The molecule has 1 fully saturated rings. The van der Waals surface area contributed by atoms with E-state index in [2.05, 4.69) is 39.7 Å².